The Morgan fingerprint density at radius 3 is 2.92 bits per heavy atom. The highest BCUT2D eigenvalue weighted by Crippen LogP contribution is 2.48. The smallest absolute Gasteiger partial charge is 0.191 e. The number of rotatable bonds is 2. The zero-order chi connectivity index (χ0) is 18.7. The van der Waals surface area contributed by atoms with Crippen LogP contribution in [0.4, 0.5) is 0 Å². The number of ketones is 1. The maximum atomic E-state index is 13.3. The number of thioether (sulfide) groups is 1. The van der Waals surface area contributed by atoms with Gasteiger partial charge in [0.15, 0.2) is 5.78 Å². The second kappa shape index (κ2) is 8.00. The van der Waals surface area contributed by atoms with Crippen LogP contribution in [-0.4, -0.2) is 22.3 Å². The third-order valence-corrected chi connectivity index (χ3v) is 6.10. The van der Waals surface area contributed by atoms with E-state index in [9.17, 15) is 9.90 Å². The van der Waals surface area contributed by atoms with E-state index in [2.05, 4.69) is 30.6 Å². The van der Waals surface area contributed by atoms with Crippen molar-refractivity contribution in [2.24, 2.45) is 5.92 Å². The highest BCUT2D eigenvalue weighted by molar-refractivity contribution is 8.07. The summed E-state index contributed by atoms with van der Waals surface area (Å²) in [5.41, 5.74) is 2.38. The van der Waals surface area contributed by atoms with E-state index in [0.717, 1.165) is 24.4 Å². The number of carbonyl (C=O) groups excluding carboxylic acids is 1. The minimum Gasteiger partial charge on any atom is -0.512 e. The molecule has 1 unspecified atom stereocenters. The first-order valence-corrected chi connectivity index (χ1v) is 9.91. The molecule has 0 aromatic heterocycles. The lowest BCUT2D eigenvalue weighted by molar-refractivity contribution is -0.112. The SMILES string of the molecule is C=C1/C=C\C=C/CC(/C(O)=C/C)/C(=C2/SC3=C(CCC=C3)N2CC)C1=O. The van der Waals surface area contributed by atoms with E-state index in [1.54, 1.807) is 30.8 Å². The van der Waals surface area contributed by atoms with Gasteiger partial charge in [0.1, 0.15) is 0 Å². The fourth-order valence-corrected chi connectivity index (χ4v) is 4.91. The number of hydrogen-bond donors (Lipinski definition) is 1. The predicted molar refractivity (Wildman–Crippen MR) is 109 cm³/mol. The number of Topliss-reactive ketones (excluding diaryl/α,β-unsaturated/α-hetero) is 1. The Balaban J connectivity index is 2.17. The van der Waals surface area contributed by atoms with Crippen molar-refractivity contribution in [2.75, 3.05) is 6.54 Å². The quantitative estimate of drug-likeness (QED) is 0.513. The van der Waals surface area contributed by atoms with Crippen LogP contribution in [0.1, 0.15) is 33.1 Å². The molecule has 3 aliphatic rings. The van der Waals surface area contributed by atoms with Crippen molar-refractivity contribution >= 4 is 17.5 Å². The molecule has 0 saturated carbocycles. The Bertz CT molecular complexity index is 808. The normalized spacial score (nSPS) is 29.4. The van der Waals surface area contributed by atoms with Crippen LogP contribution in [0.2, 0.25) is 0 Å². The van der Waals surface area contributed by atoms with Gasteiger partial charge in [-0.2, -0.15) is 0 Å². The molecule has 1 atom stereocenters. The molecular weight excluding hydrogens is 342 g/mol. The molecule has 0 fully saturated rings. The molecule has 0 bridgehead atoms. The summed E-state index contributed by atoms with van der Waals surface area (Å²) in [6, 6.07) is 0. The fourth-order valence-electron chi connectivity index (χ4n) is 3.51. The van der Waals surface area contributed by atoms with Crippen LogP contribution in [-0.2, 0) is 4.79 Å². The number of nitrogens with zero attached hydrogens (tertiary/aromatic N) is 1. The molecule has 1 heterocycles. The standard InChI is InChI=1S/C22H25NO2S/c1-4-18(24)16-12-8-6-7-11-15(3)21(25)20(16)22-23(5-2)17-13-9-10-14-19(17)26-22/h4,6-8,10-11,14,16,24H,3,5,9,12-13H2,1-2H3/b8-6-,11-7-,18-4-,22-20-. The summed E-state index contributed by atoms with van der Waals surface area (Å²) < 4.78 is 0. The number of hydrogen-bond acceptors (Lipinski definition) is 4. The highest BCUT2D eigenvalue weighted by atomic mass is 32.2. The average Bonchev–Trinajstić information content (AvgIpc) is 3.05. The van der Waals surface area contributed by atoms with Crippen LogP contribution >= 0.6 is 11.8 Å². The van der Waals surface area contributed by atoms with Crippen molar-refractivity contribution in [3.8, 4) is 0 Å². The van der Waals surface area contributed by atoms with Crippen LogP contribution in [0, 0.1) is 5.92 Å². The fraction of sp³-hybridized carbons (Fsp3) is 0.318. The van der Waals surface area contributed by atoms with Crippen molar-refractivity contribution in [3.63, 3.8) is 0 Å². The van der Waals surface area contributed by atoms with Gasteiger partial charge in [-0.15, -0.1) is 0 Å². The maximum Gasteiger partial charge on any atom is 0.191 e. The van der Waals surface area contributed by atoms with Gasteiger partial charge in [0.2, 0.25) is 0 Å². The van der Waals surface area contributed by atoms with Gasteiger partial charge in [0, 0.05) is 28.3 Å². The molecule has 4 heteroatoms. The van der Waals surface area contributed by atoms with E-state index >= 15 is 0 Å². The summed E-state index contributed by atoms with van der Waals surface area (Å²) in [6.45, 7) is 8.67. The van der Waals surface area contributed by atoms with Gasteiger partial charge < -0.3 is 10.0 Å². The number of aliphatic hydroxyl groups excluding tert-OH is 1. The predicted octanol–water partition coefficient (Wildman–Crippen LogP) is 5.55. The lowest BCUT2D eigenvalue weighted by Gasteiger charge is -2.27. The molecule has 0 radical (unpaired) electrons. The molecule has 0 aromatic carbocycles. The zero-order valence-corrected chi connectivity index (χ0v) is 16.2. The van der Waals surface area contributed by atoms with Crippen LogP contribution in [0.5, 0.6) is 0 Å². The summed E-state index contributed by atoms with van der Waals surface area (Å²) >= 11 is 1.64. The largest absolute Gasteiger partial charge is 0.512 e. The maximum absolute atomic E-state index is 13.3. The first kappa shape index (κ1) is 18.6. The van der Waals surface area contributed by atoms with Crippen LogP contribution < -0.4 is 0 Å². The minimum absolute atomic E-state index is 0.0897. The molecule has 0 aromatic rings. The summed E-state index contributed by atoms with van der Waals surface area (Å²) in [4.78, 5) is 16.7. The van der Waals surface area contributed by atoms with Gasteiger partial charge in [-0.05, 0) is 39.2 Å². The van der Waals surface area contributed by atoms with E-state index in [0.29, 0.717) is 17.6 Å². The molecule has 2 aliphatic carbocycles. The average molecular weight is 368 g/mol. The Hall–Kier alpha value is -2.20. The van der Waals surface area contributed by atoms with Crippen LogP contribution in [0.25, 0.3) is 0 Å². The van der Waals surface area contributed by atoms with E-state index in [1.165, 1.54) is 10.6 Å². The summed E-state index contributed by atoms with van der Waals surface area (Å²) in [5.74, 6) is -0.215. The summed E-state index contributed by atoms with van der Waals surface area (Å²) in [5, 5.41) is 11.5. The molecule has 3 rings (SSSR count). The second-order valence-corrected chi connectivity index (χ2v) is 7.49. The molecule has 0 saturated heterocycles. The number of allylic oxidation sites excluding steroid dienone is 10. The first-order valence-electron chi connectivity index (χ1n) is 9.09. The summed E-state index contributed by atoms with van der Waals surface area (Å²) in [6.07, 6.45) is 16.1. The van der Waals surface area contributed by atoms with Gasteiger partial charge in [-0.3, -0.25) is 4.79 Å². The van der Waals surface area contributed by atoms with E-state index in [4.69, 9.17) is 0 Å². The van der Waals surface area contributed by atoms with Gasteiger partial charge >= 0.3 is 0 Å². The third kappa shape index (κ3) is 3.38. The molecule has 1 N–H and O–H groups in total. The third-order valence-electron chi connectivity index (χ3n) is 4.88. The van der Waals surface area contributed by atoms with Crippen molar-refractivity contribution in [3.05, 3.63) is 81.6 Å². The highest BCUT2D eigenvalue weighted by Gasteiger charge is 2.35. The molecular formula is C22H25NO2S. The topological polar surface area (TPSA) is 40.5 Å². The number of carbonyl (C=O) groups is 1. The zero-order valence-electron chi connectivity index (χ0n) is 15.4. The molecule has 3 nitrogen and oxygen atoms in total. The van der Waals surface area contributed by atoms with Crippen molar-refractivity contribution in [2.45, 2.75) is 33.1 Å². The Labute approximate surface area is 159 Å². The number of aliphatic hydroxyl groups is 1. The molecule has 136 valence electrons. The lowest BCUT2D eigenvalue weighted by atomic mass is 9.88. The Kier molecular flexibility index (Phi) is 5.72. The van der Waals surface area contributed by atoms with Crippen molar-refractivity contribution in [1.29, 1.82) is 0 Å². The minimum atomic E-state index is -0.359. The Morgan fingerprint density at radius 2 is 2.19 bits per heavy atom. The molecule has 26 heavy (non-hydrogen) atoms. The van der Waals surface area contributed by atoms with Gasteiger partial charge in [0.25, 0.3) is 0 Å². The van der Waals surface area contributed by atoms with Crippen molar-refractivity contribution in [1.82, 2.24) is 4.90 Å². The molecule has 1 aliphatic heterocycles. The second-order valence-electron chi connectivity index (χ2n) is 6.46. The van der Waals surface area contributed by atoms with Crippen LogP contribution in [0.3, 0.4) is 0 Å². The van der Waals surface area contributed by atoms with Gasteiger partial charge in [0.05, 0.1) is 16.7 Å². The van der Waals surface area contributed by atoms with E-state index in [1.807, 2.05) is 18.2 Å². The summed E-state index contributed by atoms with van der Waals surface area (Å²) in [7, 11) is 0. The van der Waals surface area contributed by atoms with E-state index in [-0.39, 0.29) is 17.5 Å². The van der Waals surface area contributed by atoms with Crippen LogP contribution in [0.15, 0.2) is 81.6 Å². The van der Waals surface area contributed by atoms with Gasteiger partial charge in [-0.1, -0.05) is 54.8 Å². The van der Waals surface area contributed by atoms with Gasteiger partial charge in [-0.25, -0.2) is 0 Å². The Morgan fingerprint density at radius 1 is 1.38 bits per heavy atom. The lowest BCUT2D eigenvalue weighted by Crippen LogP contribution is -2.25. The van der Waals surface area contributed by atoms with Crippen molar-refractivity contribution < 1.29 is 9.90 Å². The first-order chi connectivity index (χ1) is 12.6. The molecule has 0 spiro atoms. The monoisotopic (exact) mass is 367 g/mol. The molecule has 0 amide bonds. The van der Waals surface area contributed by atoms with E-state index < -0.39 is 0 Å².